The number of carboxylic acid groups (broad SMARTS) is 1. The SMILES string of the molecule is CCCNC(=O)CNC(=O)Nc1ccc(C(=O)O)c(F)c1. The zero-order valence-electron chi connectivity index (χ0n) is 11.4. The van der Waals surface area contributed by atoms with Gasteiger partial charge in [0.15, 0.2) is 0 Å². The summed E-state index contributed by atoms with van der Waals surface area (Å²) < 4.78 is 13.4. The summed E-state index contributed by atoms with van der Waals surface area (Å²) in [6.45, 7) is 2.21. The first-order valence-electron chi connectivity index (χ1n) is 6.28. The largest absolute Gasteiger partial charge is 0.478 e. The molecule has 1 rings (SSSR count). The number of benzene rings is 1. The van der Waals surface area contributed by atoms with E-state index in [0.29, 0.717) is 6.54 Å². The summed E-state index contributed by atoms with van der Waals surface area (Å²) in [7, 11) is 0. The van der Waals surface area contributed by atoms with Gasteiger partial charge < -0.3 is 21.1 Å². The molecule has 3 amide bonds. The number of carboxylic acids is 1. The van der Waals surface area contributed by atoms with Gasteiger partial charge in [-0.05, 0) is 24.6 Å². The standard InChI is InChI=1S/C13H16FN3O4/c1-2-5-15-11(18)7-16-13(21)17-8-3-4-9(12(19)20)10(14)6-8/h3-4,6H,2,5,7H2,1H3,(H,15,18)(H,19,20)(H2,16,17,21). The van der Waals surface area contributed by atoms with E-state index < -0.39 is 23.4 Å². The van der Waals surface area contributed by atoms with Crippen LogP contribution in [0.15, 0.2) is 18.2 Å². The summed E-state index contributed by atoms with van der Waals surface area (Å²) in [4.78, 5) is 33.4. The molecule has 1 aromatic carbocycles. The van der Waals surface area contributed by atoms with Gasteiger partial charge in [-0.3, -0.25) is 4.79 Å². The fourth-order valence-corrected chi connectivity index (χ4v) is 1.43. The second-order valence-corrected chi connectivity index (χ2v) is 4.16. The van der Waals surface area contributed by atoms with Crippen molar-refractivity contribution >= 4 is 23.6 Å². The van der Waals surface area contributed by atoms with Crippen LogP contribution in [0.3, 0.4) is 0 Å². The Morgan fingerprint density at radius 2 is 1.95 bits per heavy atom. The molecule has 0 fully saturated rings. The zero-order chi connectivity index (χ0) is 15.8. The molecule has 0 aliphatic heterocycles. The Morgan fingerprint density at radius 1 is 1.24 bits per heavy atom. The van der Waals surface area contributed by atoms with E-state index in [1.54, 1.807) is 0 Å². The van der Waals surface area contributed by atoms with E-state index in [4.69, 9.17) is 5.11 Å². The number of rotatable bonds is 6. The Morgan fingerprint density at radius 3 is 2.52 bits per heavy atom. The summed E-state index contributed by atoms with van der Waals surface area (Å²) in [5, 5.41) is 15.8. The van der Waals surface area contributed by atoms with Crippen LogP contribution in [-0.4, -0.2) is 36.1 Å². The molecule has 0 saturated heterocycles. The Hall–Kier alpha value is -2.64. The van der Waals surface area contributed by atoms with Crippen LogP contribution in [0.5, 0.6) is 0 Å². The highest BCUT2D eigenvalue weighted by Crippen LogP contribution is 2.14. The van der Waals surface area contributed by atoms with Gasteiger partial charge in [-0.25, -0.2) is 14.0 Å². The first kappa shape index (κ1) is 16.4. The van der Waals surface area contributed by atoms with Gasteiger partial charge in [-0.1, -0.05) is 6.92 Å². The molecule has 0 saturated carbocycles. The smallest absolute Gasteiger partial charge is 0.338 e. The van der Waals surface area contributed by atoms with E-state index in [1.807, 2.05) is 6.92 Å². The lowest BCUT2D eigenvalue weighted by atomic mass is 10.2. The molecular formula is C13H16FN3O4. The molecule has 7 nitrogen and oxygen atoms in total. The molecule has 0 unspecified atom stereocenters. The third kappa shape index (κ3) is 5.47. The highest BCUT2D eigenvalue weighted by atomic mass is 19.1. The molecule has 0 atom stereocenters. The van der Waals surface area contributed by atoms with Gasteiger partial charge in [0.2, 0.25) is 5.91 Å². The van der Waals surface area contributed by atoms with Crippen LogP contribution < -0.4 is 16.0 Å². The molecule has 0 aromatic heterocycles. The number of anilines is 1. The van der Waals surface area contributed by atoms with Crippen LogP contribution in [0.2, 0.25) is 0 Å². The van der Waals surface area contributed by atoms with Gasteiger partial charge in [0.25, 0.3) is 0 Å². The van der Waals surface area contributed by atoms with E-state index in [1.165, 1.54) is 6.07 Å². The number of nitrogens with one attached hydrogen (secondary N) is 3. The molecule has 0 heterocycles. The van der Waals surface area contributed by atoms with Crippen molar-refractivity contribution in [3.05, 3.63) is 29.6 Å². The fraction of sp³-hybridized carbons (Fsp3) is 0.308. The summed E-state index contributed by atoms with van der Waals surface area (Å²) in [5.74, 6) is -2.68. The van der Waals surface area contributed by atoms with Crippen molar-refractivity contribution < 1.29 is 23.9 Å². The van der Waals surface area contributed by atoms with Crippen LogP contribution in [0.4, 0.5) is 14.9 Å². The molecule has 0 spiro atoms. The first-order valence-corrected chi connectivity index (χ1v) is 6.28. The number of carbonyl (C=O) groups is 3. The molecule has 0 aliphatic rings. The van der Waals surface area contributed by atoms with Gasteiger partial charge in [0.1, 0.15) is 5.82 Å². The third-order valence-electron chi connectivity index (χ3n) is 2.44. The maximum atomic E-state index is 13.4. The molecular weight excluding hydrogens is 281 g/mol. The second-order valence-electron chi connectivity index (χ2n) is 4.16. The van der Waals surface area contributed by atoms with Crippen LogP contribution in [0.25, 0.3) is 0 Å². The van der Waals surface area contributed by atoms with Crippen molar-refractivity contribution in [1.29, 1.82) is 0 Å². The van der Waals surface area contributed by atoms with E-state index in [0.717, 1.165) is 18.6 Å². The summed E-state index contributed by atoms with van der Waals surface area (Å²) in [6.07, 6.45) is 0.785. The monoisotopic (exact) mass is 297 g/mol. The molecule has 0 aliphatic carbocycles. The van der Waals surface area contributed by atoms with Crippen molar-refractivity contribution in [2.75, 3.05) is 18.4 Å². The van der Waals surface area contributed by atoms with Crippen LogP contribution >= 0.6 is 0 Å². The number of aromatic carboxylic acids is 1. The fourth-order valence-electron chi connectivity index (χ4n) is 1.43. The van der Waals surface area contributed by atoms with Gasteiger partial charge >= 0.3 is 12.0 Å². The number of carbonyl (C=O) groups excluding carboxylic acids is 2. The molecule has 8 heteroatoms. The predicted molar refractivity (Wildman–Crippen MR) is 73.7 cm³/mol. The Balaban J connectivity index is 2.50. The third-order valence-corrected chi connectivity index (χ3v) is 2.44. The maximum absolute atomic E-state index is 13.4. The normalized spacial score (nSPS) is 9.81. The number of amides is 3. The van der Waals surface area contributed by atoms with Crippen molar-refractivity contribution in [2.24, 2.45) is 0 Å². The Labute approximate surface area is 120 Å². The predicted octanol–water partition coefficient (Wildman–Crippen LogP) is 1.17. The van der Waals surface area contributed by atoms with E-state index >= 15 is 0 Å². The maximum Gasteiger partial charge on any atom is 0.338 e. The minimum atomic E-state index is -1.39. The number of halogens is 1. The van der Waals surface area contributed by atoms with E-state index in [2.05, 4.69) is 16.0 Å². The van der Waals surface area contributed by atoms with Gasteiger partial charge in [-0.2, -0.15) is 0 Å². The Kier molecular flexibility index (Phi) is 6.12. The van der Waals surface area contributed by atoms with Crippen molar-refractivity contribution in [3.63, 3.8) is 0 Å². The van der Waals surface area contributed by atoms with Crippen molar-refractivity contribution in [1.82, 2.24) is 10.6 Å². The zero-order valence-corrected chi connectivity index (χ0v) is 11.4. The first-order chi connectivity index (χ1) is 9.93. The molecule has 4 N–H and O–H groups in total. The van der Waals surface area contributed by atoms with E-state index in [-0.39, 0.29) is 18.1 Å². The number of hydrogen-bond donors (Lipinski definition) is 4. The molecule has 1 aromatic rings. The van der Waals surface area contributed by atoms with Gasteiger partial charge in [0.05, 0.1) is 12.1 Å². The minimum absolute atomic E-state index is 0.0870. The van der Waals surface area contributed by atoms with Gasteiger partial charge in [0, 0.05) is 12.2 Å². The number of urea groups is 1. The van der Waals surface area contributed by atoms with Gasteiger partial charge in [-0.15, -0.1) is 0 Å². The quantitative estimate of drug-likeness (QED) is 0.632. The molecule has 21 heavy (non-hydrogen) atoms. The number of hydrogen-bond acceptors (Lipinski definition) is 3. The molecule has 0 radical (unpaired) electrons. The molecule has 114 valence electrons. The summed E-state index contributed by atoms with van der Waals surface area (Å²) in [6, 6.07) is 2.49. The molecule has 0 bridgehead atoms. The van der Waals surface area contributed by atoms with Crippen LogP contribution in [0.1, 0.15) is 23.7 Å². The average molecular weight is 297 g/mol. The lowest BCUT2D eigenvalue weighted by Gasteiger charge is -2.08. The average Bonchev–Trinajstić information content (AvgIpc) is 2.42. The lowest BCUT2D eigenvalue weighted by Crippen LogP contribution is -2.39. The summed E-state index contributed by atoms with van der Waals surface area (Å²) in [5.41, 5.74) is -0.399. The lowest BCUT2D eigenvalue weighted by molar-refractivity contribution is -0.120. The Bertz CT molecular complexity index is 548. The summed E-state index contributed by atoms with van der Waals surface area (Å²) >= 11 is 0. The van der Waals surface area contributed by atoms with Crippen LogP contribution in [0, 0.1) is 5.82 Å². The van der Waals surface area contributed by atoms with Crippen molar-refractivity contribution in [3.8, 4) is 0 Å². The van der Waals surface area contributed by atoms with Crippen LogP contribution in [-0.2, 0) is 4.79 Å². The highest BCUT2D eigenvalue weighted by Gasteiger charge is 2.11. The van der Waals surface area contributed by atoms with E-state index in [9.17, 15) is 18.8 Å². The van der Waals surface area contributed by atoms with Crippen molar-refractivity contribution in [2.45, 2.75) is 13.3 Å². The second kappa shape index (κ2) is 7.83. The minimum Gasteiger partial charge on any atom is -0.478 e. The topological polar surface area (TPSA) is 108 Å². The highest BCUT2D eigenvalue weighted by molar-refractivity contribution is 5.93.